The van der Waals surface area contributed by atoms with E-state index in [1.54, 1.807) is 7.11 Å². The molecule has 0 spiro atoms. The molecule has 4 nitrogen and oxygen atoms in total. The van der Waals surface area contributed by atoms with Gasteiger partial charge in [0, 0.05) is 20.1 Å². The molecule has 0 aliphatic carbocycles. The van der Waals surface area contributed by atoms with E-state index in [-0.39, 0.29) is 5.91 Å². The van der Waals surface area contributed by atoms with E-state index in [1.807, 2.05) is 18.2 Å². The Labute approximate surface area is 114 Å². The number of aryl methyl sites for hydroxylation is 1. The molecule has 1 aromatic carbocycles. The van der Waals surface area contributed by atoms with Crippen molar-refractivity contribution in [1.82, 2.24) is 5.32 Å². The highest BCUT2D eigenvalue weighted by Gasteiger charge is 2.05. The van der Waals surface area contributed by atoms with E-state index in [0.29, 0.717) is 26.0 Å². The minimum Gasteiger partial charge on any atom is -0.391 e. The number of aliphatic hydroxyl groups is 1. The predicted molar refractivity (Wildman–Crippen MR) is 74.9 cm³/mol. The number of carbonyl (C=O) groups is 1. The van der Waals surface area contributed by atoms with Gasteiger partial charge in [0.2, 0.25) is 5.91 Å². The molecule has 2 N–H and O–H groups in total. The van der Waals surface area contributed by atoms with Gasteiger partial charge in [0.05, 0.1) is 12.7 Å². The average Bonchev–Trinajstić information content (AvgIpc) is 2.40. The van der Waals surface area contributed by atoms with Gasteiger partial charge < -0.3 is 15.2 Å². The van der Waals surface area contributed by atoms with Gasteiger partial charge in [-0.25, -0.2) is 0 Å². The standard InChI is InChI=1S/C15H23NO3/c1-19-12-14(17)10-11-16-15(18)9-5-8-13-6-3-2-4-7-13/h2-4,6-7,14,17H,5,8-12H2,1H3,(H,16,18). The lowest BCUT2D eigenvalue weighted by atomic mass is 10.1. The van der Waals surface area contributed by atoms with Crippen molar-refractivity contribution in [2.24, 2.45) is 0 Å². The first-order valence-corrected chi connectivity index (χ1v) is 6.70. The Morgan fingerprint density at radius 2 is 2.11 bits per heavy atom. The normalized spacial score (nSPS) is 12.1. The first-order chi connectivity index (χ1) is 9.22. The molecule has 0 heterocycles. The van der Waals surface area contributed by atoms with Gasteiger partial charge in [0.25, 0.3) is 0 Å². The van der Waals surface area contributed by atoms with Crippen molar-refractivity contribution in [3.05, 3.63) is 35.9 Å². The predicted octanol–water partition coefficient (Wildman–Crippen LogP) is 1.52. The number of ether oxygens (including phenoxy) is 1. The molecule has 0 bridgehead atoms. The van der Waals surface area contributed by atoms with Gasteiger partial charge in [0.15, 0.2) is 0 Å². The van der Waals surface area contributed by atoms with Gasteiger partial charge in [-0.2, -0.15) is 0 Å². The van der Waals surface area contributed by atoms with E-state index >= 15 is 0 Å². The fraction of sp³-hybridized carbons (Fsp3) is 0.533. The zero-order valence-electron chi connectivity index (χ0n) is 11.5. The molecule has 1 atom stereocenters. The van der Waals surface area contributed by atoms with E-state index < -0.39 is 6.10 Å². The highest BCUT2D eigenvalue weighted by atomic mass is 16.5. The topological polar surface area (TPSA) is 58.6 Å². The van der Waals surface area contributed by atoms with Crippen LogP contribution in [0.15, 0.2) is 30.3 Å². The van der Waals surface area contributed by atoms with Gasteiger partial charge in [-0.05, 0) is 24.8 Å². The summed E-state index contributed by atoms with van der Waals surface area (Å²) in [6.07, 6.45) is 2.31. The third-order valence-electron chi connectivity index (χ3n) is 2.87. The van der Waals surface area contributed by atoms with Gasteiger partial charge in [-0.1, -0.05) is 30.3 Å². The Balaban J connectivity index is 2.05. The molecule has 1 aromatic rings. The molecule has 0 aromatic heterocycles. The average molecular weight is 265 g/mol. The van der Waals surface area contributed by atoms with Crippen LogP contribution in [0.2, 0.25) is 0 Å². The number of amides is 1. The van der Waals surface area contributed by atoms with Crippen molar-refractivity contribution in [3.63, 3.8) is 0 Å². The zero-order valence-corrected chi connectivity index (χ0v) is 11.5. The largest absolute Gasteiger partial charge is 0.391 e. The summed E-state index contributed by atoms with van der Waals surface area (Å²) in [5.74, 6) is 0.0422. The fourth-order valence-corrected chi connectivity index (χ4v) is 1.84. The molecule has 106 valence electrons. The molecule has 0 fully saturated rings. The number of aliphatic hydroxyl groups excluding tert-OH is 1. The second-order valence-electron chi connectivity index (χ2n) is 4.59. The highest BCUT2D eigenvalue weighted by Crippen LogP contribution is 2.04. The van der Waals surface area contributed by atoms with E-state index in [9.17, 15) is 9.90 Å². The summed E-state index contributed by atoms with van der Waals surface area (Å²) in [6, 6.07) is 10.1. The Bertz CT molecular complexity index is 354. The number of nitrogens with one attached hydrogen (secondary N) is 1. The molecule has 4 heteroatoms. The third-order valence-corrected chi connectivity index (χ3v) is 2.87. The monoisotopic (exact) mass is 265 g/mol. The lowest BCUT2D eigenvalue weighted by Gasteiger charge is -2.10. The summed E-state index contributed by atoms with van der Waals surface area (Å²) in [4.78, 5) is 11.5. The van der Waals surface area contributed by atoms with Gasteiger partial charge >= 0.3 is 0 Å². The highest BCUT2D eigenvalue weighted by molar-refractivity contribution is 5.75. The van der Waals surface area contributed by atoms with Crippen molar-refractivity contribution < 1.29 is 14.6 Å². The molecule has 19 heavy (non-hydrogen) atoms. The maximum Gasteiger partial charge on any atom is 0.220 e. The molecular formula is C15H23NO3. The molecule has 0 aliphatic rings. The van der Waals surface area contributed by atoms with Crippen molar-refractivity contribution in [1.29, 1.82) is 0 Å². The number of rotatable bonds is 9. The first-order valence-electron chi connectivity index (χ1n) is 6.70. The Morgan fingerprint density at radius 1 is 1.37 bits per heavy atom. The SMILES string of the molecule is COCC(O)CCNC(=O)CCCc1ccccc1. The lowest BCUT2D eigenvalue weighted by Crippen LogP contribution is -2.28. The van der Waals surface area contributed by atoms with Crippen LogP contribution in [0.1, 0.15) is 24.8 Å². The Hall–Kier alpha value is -1.39. The third kappa shape index (κ3) is 7.59. The maximum absolute atomic E-state index is 11.5. The summed E-state index contributed by atoms with van der Waals surface area (Å²) in [7, 11) is 1.55. The second-order valence-corrected chi connectivity index (χ2v) is 4.59. The van der Waals surface area contributed by atoms with Crippen LogP contribution in [0.25, 0.3) is 0 Å². The summed E-state index contributed by atoms with van der Waals surface area (Å²) in [5, 5.41) is 12.2. The van der Waals surface area contributed by atoms with Crippen LogP contribution in [0, 0.1) is 0 Å². The number of benzene rings is 1. The number of carbonyl (C=O) groups excluding carboxylic acids is 1. The van der Waals surface area contributed by atoms with Gasteiger partial charge in [0.1, 0.15) is 0 Å². The lowest BCUT2D eigenvalue weighted by molar-refractivity contribution is -0.121. The summed E-state index contributed by atoms with van der Waals surface area (Å²) >= 11 is 0. The molecule has 0 aliphatic heterocycles. The Kier molecular flexibility index (Phi) is 7.86. The summed E-state index contributed by atoms with van der Waals surface area (Å²) in [6.45, 7) is 0.804. The number of hydrogen-bond donors (Lipinski definition) is 2. The maximum atomic E-state index is 11.5. The van der Waals surface area contributed by atoms with Crippen LogP contribution < -0.4 is 5.32 Å². The Morgan fingerprint density at radius 3 is 2.79 bits per heavy atom. The smallest absolute Gasteiger partial charge is 0.220 e. The van der Waals surface area contributed by atoms with Crippen molar-refractivity contribution in [3.8, 4) is 0 Å². The zero-order chi connectivity index (χ0) is 13.9. The molecule has 0 saturated heterocycles. The number of methoxy groups -OCH3 is 1. The van der Waals surface area contributed by atoms with Crippen LogP contribution in [0.3, 0.4) is 0 Å². The summed E-state index contributed by atoms with van der Waals surface area (Å²) < 4.78 is 4.81. The van der Waals surface area contributed by atoms with Crippen LogP contribution >= 0.6 is 0 Å². The van der Waals surface area contributed by atoms with E-state index in [0.717, 1.165) is 12.8 Å². The van der Waals surface area contributed by atoms with E-state index in [4.69, 9.17) is 4.74 Å². The molecule has 0 radical (unpaired) electrons. The van der Waals surface area contributed by atoms with E-state index in [1.165, 1.54) is 5.56 Å². The van der Waals surface area contributed by atoms with Crippen molar-refractivity contribution in [2.75, 3.05) is 20.3 Å². The minimum absolute atomic E-state index is 0.0422. The second kappa shape index (κ2) is 9.53. The van der Waals surface area contributed by atoms with Crippen molar-refractivity contribution >= 4 is 5.91 Å². The molecule has 1 rings (SSSR count). The fourth-order valence-electron chi connectivity index (χ4n) is 1.84. The van der Waals surface area contributed by atoms with Crippen LogP contribution in [-0.4, -0.2) is 37.4 Å². The number of hydrogen-bond acceptors (Lipinski definition) is 3. The molecule has 0 saturated carbocycles. The molecule has 1 unspecified atom stereocenters. The van der Waals surface area contributed by atoms with E-state index in [2.05, 4.69) is 17.4 Å². The first kappa shape index (κ1) is 15.7. The molecular weight excluding hydrogens is 242 g/mol. The van der Waals surface area contributed by atoms with Crippen LogP contribution in [-0.2, 0) is 16.0 Å². The summed E-state index contributed by atoms with van der Waals surface area (Å²) in [5.41, 5.74) is 1.26. The van der Waals surface area contributed by atoms with Crippen LogP contribution in [0.5, 0.6) is 0 Å². The van der Waals surface area contributed by atoms with Crippen molar-refractivity contribution in [2.45, 2.75) is 31.8 Å². The minimum atomic E-state index is -0.505. The van der Waals surface area contributed by atoms with Gasteiger partial charge in [-0.3, -0.25) is 4.79 Å². The quantitative estimate of drug-likeness (QED) is 0.712. The van der Waals surface area contributed by atoms with Crippen LogP contribution in [0.4, 0.5) is 0 Å². The van der Waals surface area contributed by atoms with Gasteiger partial charge in [-0.15, -0.1) is 0 Å². The molecule has 1 amide bonds.